The number of hydrogen-bond acceptors (Lipinski definition) is 3. The van der Waals surface area contributed by atoms with Crippen molar-refractivity contribution in [3.63, 3.8) is 0 Å². The predicted octanol–water partition coefficient (Wildman–Crippen LogP) is 5.74. The first kappa shape index (κ1) is 18.5. The van der Waals surface area contributed by atoms with Crippen molar-refractivity contribution in [2.45, 2.75) is 11.4 Å². The minimum absolute atomic E-state index is 0.0575. The van der Waals surface area contributed by atoms with Gasteiger partial charge in [0.05, 0.1) is 11.4 Å². The lowest BCUT2D eigenvalue weighted by Crippen LogP contribution is -2.24. The van der Waals surface area contributed by atoms with E-state index in [1.54, 1.807) is 11.8 Å². The van der Waals surface area contributed by atoms with Gasteiger partial charge >= 0.3 is 6.03 Å². The van der Waals surface area contributed by atoms with Crippen molar-refractivity contribution >= 4 is 28.5 Å². The molecule has 4 rings (SSSR count). The number of urea groups is 1. The molecule has 0 spiro atoms. The molecule has 2 unspecified atom stereocenters. The number of hydrogen-bond donors (Lipinski definition) is 1. The Morgan fingerprint density at radius 2 is 1.39 bits per heavy atom. The Morgan fingerprint density at radius 3 is 2.00 bits per heavy atom. The van der Waals surface area contributed by atoms with Crippen molar-refractivity contribution in [3.8, 4) is 0 Å². The highest BCUT2D eigenvalue weighted by molar-refractivity contribution is 8.14. The second-order valence-electron chi connectivity index (χ2n) is 6.61. The fraction of sp³-hybridized carbons (Fsp3) is 0.130. The lowest BCUT2D eigenvalue weighted by Gasteiger charge is -2.24. The normalized spacial score (nSPS) is 21.0. The van der Waals surface area contributed by atoms with Gasteiger partial charge in [-0.25, -0.2) is 4.79 Å². The van der Waals surface area contributed by atoms with E-state index >= 15 is 0 Å². The minimum Gasteiger partial charge on any atom is -0.306 e. The Labute approximate surface area is 169 Å². The maximum absolute atomic E-state index is 12.6. The first-order valence-corrected chi connectivity index (χ1v) is 10.0. The van der Waals surface area contributed by atoms with Crippen LogP contribution in [0.15, 0.2) is 96.0 Å². The molecule has 3 aromatic carbocycles. The average Bonchev–Trinajstić information content (AvgIpc) is 3.05. The van der Waals surface area contributed by atoms with E-state index in [1.165, 1.54) is 5.56 Å². The van der Waals surface area contributed by atoms with E-state index in [-0.39, 0.29) is 17.4 Å². The first-order valence-electron chi connectivity index (χ1n) is 9.15. The largest absolute Gasteiger partial charge is 0.346 e. The number of nitrogens with one attached hydrogen (secondary N) is 1. The molecule has 2 atom stereocenters. The summed E-state index contributed by atoms with van der Waals surface area (Å²) in [5.74, 6) is 0. The van der Waals surface area contributed by atoms with Crippen LogP contribution in [-0.2, 0) is 0 Å². The van der Waals surface area contributed by atoms with E-state index in [0.717, 1.165) is 16.3 Å². The molecule has 5 heteroatoms. The number of anilines is 1. The van der Waals surface area contributed by atoms with E-state index in [2.05, 4.69) is 46.5 Å². The molecule has 1 fully saturated rings. The smallest absolute Gasteiger partial charge is 0.306 e. The topological polar surface area (TPSA) is 44.7 Å². The molecule has 1 aliphatic heterocycles. The maximum atomic E-state index is 12.6. The molecule has 3 aromatic rings. The van der Waals surface area contributed by atoms with Crippen molar-refractivity contribution in [2.75, 3.05) is 12.4 Å². The van der Waals surface area contributed by atoms with Crippen LogP contribution < -0.4 is 5.32 Å². The molecule has 28 heavy (non-hydrogen) atoms. The molecule has 0 bridgehead atoms. The molecule has 140 valence electrons. The van der Waals surface area contributed by atoms with Crippen molar-refractivity contribution in [1.29, 1.82) is 0 Å². The molecular formula is C23H21N3OS. The van der Waals surface area contributed by atoms with Gasteiger partial charge in [0.15, 0.2) is 0 Å². The summed E-state index contributed by atoms with van der Waals surface area (Å²) in [6, 6.07) is 29.5. The Balaban J connectivity index is 1.65. The highest BCUT2D eigenvalue weighted by Crippen LogP contribution is 2.48. The van der Waals surface area contributed by atoms with Gasteiger partial charge < -0.3 is 5.32 Å². The average molecular weight is 388 g/mol. The zero-order valence-electron chi connectivity index (χ0n) is 15.5. The van der Waals surface area contributed by atoms with Crippen LogP contribution in [-0.4, -0.2) is 23.0 Å². The molecule has 2 amide bonds. The third-order valence-corrected chi connectivity index (χ3v) is 6.06. The van der Waals surface area contributed by atoms with Crippen molar-refractivity contribution in [1.82, 2.24) is 4.90 Å². The van der Waals surface area contributed by atoms with Crippen LogP contribution in [0.5, 0.6) is 0 Å². The monoisotopic (exact) mass is 387 g/mol. The van der Waals surface area contributed by atoms with Crippen molar-refractivity contribution < 1.29 is 4.79 Å². The molecule has 1 heterocycles. The Kier molecular flexibility index (Phi) is 5.55. The molecule has 0 aliphatic carbocycles. The molecule has 0 saturated carbocycles. The molecule has 0 radical (unpaired) electrons. The number of nitrogens with zero attached hydrogens (tertiary/aromatic N) is 2. The molecule has 1 N–H and O–H groups in total. The second kappa shape index (κ2) is 8.42. The van der Waals surface area contributed by atoms with Gasteiger partial charge in [0.1, 0.15) is 5.04 Å². The summed E-state index contributed by atoms with van der Waals surface area (Å²) in [6.45, 7) is 0. The fourth-order valence-electron chi connectivity index (χ4n) is 3.37. The summed E-state index contributed by atoms with van der Waals surface area (Å²) in [4.78, 5) is 19.3. The van der Waals surface area contributed by atoms with Crippen LogP contribution in [0.25, 0.3) is 0 Å². The van der Waals surface area contributed by atoms with E-state index in [1.807, 2.05) is 66.7 Å². The summed E-state index contributed by atoms with van der Waals surface area (Å²) in [7, 11) is 2.08. The van der Waals surface area contributed by atoms with Crippen molar-refractivity contribution in [3.05, 3.63) is 102 Å². The van der Waals surface area contributed by atoms with Gasteiger partial charge in [-0.1, -0.05) is 90.6 Å². The zero-order valence-corrected chi connectivity index (χ0v) is 16.3. The number of rotatable bonds is 3. The van der Waals surface area contributed by atoms with Gasteiger partial charge in [-0.3, -0.25) is 4.90 Å². The molecule has 0 aromatic heterocycles. The highest BCUT2D eigenvalue weighted by atomic mass is 32.2. The number of benzene rings is 3. The number of carbonyl (C=O) groups excluding carboxylic acids is 1. The van der Waals surface area contributed by atoms with Gasteiger partial charge in [-0.15, -0.1) is 0 Å². The van der Waals surface area contributed by atoms with Crippen molar-refractivity contribution in [2.24, 2.45) is 4.99 Å². The number of amides is 2. The van der Waals surface area contributed by atoms with Gasteiger partial charge in [0, 0.05) is 5.69 Å². The quantitative estimate of drug-likeness (QED) is 0.624. The third-order valence-electron chi connectivity index (χ3n) is 4.68. The molecule has 4 nitrogen and oxygen atoms in total. The van der Waals surface area contributed by atoms with E-state index < -0.39 is 0 Å². The van der Waals surface area contributed by atoms with Gasteiger partial charge in [0.25, 0.3) is 0 Å². The molecule has 1 aliphatic rings. The Bertz CT molecular complexity index is 961. The number of thioether (sulfide) groups is 1. The summed E-state index contributed by atoms with van der Waals surface area (Å²) in [5, 5.41) is 3.76. The zero-order chi connectivity index (χ0) is 19.3. The highest BCUT2D eigenvalue weighted by Gasteiger charge is 2.39. The minimum atomic E-state index is -0.350. The summed E-state index contributed by atoms with van der Waals surface area (Å²) >= 11 is 1.63. The molecule has 1 saturated heterocycles. The van der Waals surface area contributed by atoms with E-state index in [0.29, 0.717) is 0 Å². The lowest BCUT2D eigenvalue weighted by atomic mass is 10.1. The van der Waals surface area contributed by atoms with Crippen LogP contribution >= 0.6 is 11.8 Å². The van der Waals surface area contributed by atoms with Gasteiger partial charge in [-0.05, 0) is 30.3 Å². The Morgan fingerprint density at radius 1 is 0.857 bits per heavy atom. The van der Waals surface area contributed by atoms with Gasteiger partial charge in [-0.2, -0.15) is 4.99 Å². The van der Waals surface area contributed by atoms with E-state index in [4.69, 9.17) is 0 Å². The van der Waals surface area contributed by atoms with Crippen LogP contribution in [0, 0.1) is 0 Å². The van der Waals surface area contributed by atoms with Crippen LogP contribution in [0.2, 0.25) is 0 Å². The summed E-state index contributed by atoms with van der Waals surface area (Å²) in [6.07, 6.45) is 0. The lowest BCUT2D eigenvalue weighted by molar-refractivity contribution is 0.259. The third kappa shape index (κ3) is 4.01. The molecular weight excluding hydrogens is 366 g/mol. The number of aliphatic imine (C=N–C) groups is 1. The van der Waals surface area contributed by atoms with Crippen LogP contribution in [0.1, 0.15) is 22.5 Å². The van der Waals surface area contributed by atoms with Crippen LogP contribution in [0.4, 0.5) is 10.5 Å². The Hall–Kier alpha value is -2.89. The summed E-state index contributed by atoms with van der Waals surface area (Å²) in [5.41, 5.74) is 3.07. The standard InChI is InChI=1S/C23H21N3OS/c1-26-20(17-11-5-2-6-12-17)21(28-22(26)18-13-7-3-8-14-18)25-23(27)24-19-15-9-4-10-16-19/h2-16,20,22H,1H3,(H,24,27)/b25-21+. The summed E-state index contributed by atoms with van der Waals surface area (Å²) < 4.78 is 0. The number of carbonyl (C=O) groups is 1. The fourth-order valence-corrected chi connectivity index (χ4v) is 4.74. The maximum Gasteiger partial charge on any atom is 0.346 e. The first-order chi connectivity index (χ1) is 13.7. The number of para-hydroxylation sites is 1. The predicted molar refractivity (Wildman–Crippen MR) is 117 cm³/mol. The van der Waals surface area contributed by atoms with E-state index in [9.17, 15) is 4.79 Å². The SMILES string of the molecule is CN1C(c2ccccc2)S/C(=N/C(=O)Nc2ccccc2)C1c1ccccc1. The second-order valence-corrected chi connectivity index (χ2v) is 7.71. The van der Waals surface area contributed by atoms with Gasteiger partial charge in [0.2, 0.25) is 0 Å². The van der Waals surface area contributed by atoms with Crippen LogP contribution in [0.3, 0.4) is 0 Å².